The van der Waals surface area contributed by atoms with Gasteiger partial charge in [0, 0.05) is 0 Å². The van der Waals surface area contributed by atoms with Crippen molar-refractivity contribution >= 4 is 6.21 Å². The highest BCUT2D eigenvalue weighted by atomic mass is 19.1. The molecule has 3 N–H and O–H groups in total. The van der Waals surface area contributed by atoms with E-state index in [1.165, 1.54) is 7.11 Å². The molecule has 12 heavy (non-hydrogen) atoms. The third-order valence-electron chi connectivity index (χ3n) is 1.22. The van der Waals surface area contributed by atoms with Gasteiger partial charge in [-0.1, -0.05) is 5.16 Å². The molecule has 0 unspecified atom stereocenters. The van der Waals surface area contributed by atoms with Gasteiger partial charge >= 0.3 is 0 Å². The van der Waals surface area contributed by atoms with E-state index in [1.807, 2.05) is 0 Å². The average molecular weight is 181 g/mol. The molecule has 0 aromatic heterocycles. The summed E-state index contributed by atoms with van der Waals surface area (Å²) in [6.45, 7) is -0.706. The Bertz CT molecular complexity index is 144. The first-order valence-electron chi connectivity index (χ1n) is 3.31. The van der Waals surface area contributed by atoms with E-state index in [4.69, 9.17) is 15.3 Å². The van der Waals surface area contributed by atoms with Crippen LogP contribution in [0.25, 0.3) is 0 Å². The number of halogens is 1. The molecule has 0 aromatic rings. The largest absolute Gasteiger partial charge is 0.399 e. The second-order valence-electron chi connectivity index (χ2n) is 2.12. The molecule has 0 aliphatic rings. The normalized spacial score (nSPS) is 19.1. The van der Waals surface area contributed by atoms with Crippen molar-refractivity contribution in [3.8, 4) is 0 Å². The average Bonchev–Trinajstić information content (AvgIpc) is 2.11. The van der Waals surface area contributed by atoms with E-state index in [0.29, 0.717) is 6.21 Å². The Morgan fingerprint density at radius 3 is 2.58 bits per heavy atom. The quantitative estimate of drug-likeness (QED) is 0.362. The van der Waals surface area contributed by atoms with Crippen LogP contribution in [0.15, 0.2) is 5.16 Å². The van der Waals surface area contributed by atoms with Crippen LogP contribution in [0.2, 0.25) is 0 Å². The third kappa shape index (κ3) is 3.61. The molecule has 0 saturated heterocycles. The fraction of sp³-hybridized carbons (Fsp3) is 0.833. The highest BCUT2D eigenvalue weighted by Gasteiger charge is 2.24. The number of rotatable bonds is 5. The number of aliphatic hydroxyl groups is 3. The molecule has 0 aliphatic heterocycles. The van der Waals surface area contributed by atoms with Crippen molar-refractivity contribution in [3.05, 3.63) is 0 Å². The first-order valence-corrected chi connectivity index (χ1v) is 3.31. The molecule has 0 spiro atoms. The fourth-order valence-corrected chi connectivity index (χ4v) is 0.527. The predicted octanol–water partition coefficient (Wildman–Crippen LogP) is -1.33. The van der Waals surface area contributed by atoms with Gasteiger partial charge < -0.3 is 20.2 Å². The first-order chi connectivity index (χ1) is 5.63. The zero-order valence-corrected chi connectivity index (χ0v) is 6.59. The molecule has 0 heterocycles. The topological polar surface area (TPSA) is 82.3 Å². The highest BCUT2D eigenvalue weighted by Crippen LogP contribution is 2.01. The van der Waals surface area contributed by atoms with Gasteiger partial charge in [0.25, 0.3) is 0 Å². The van der Waals surface area contributed by atoms with Gasteiger partial charge in [-0.2, -0.15) is 0 Å². The minimum atomic E-state index is -1.85. The van der Waals surface area contributed by atoms with Crippen LogP contribution in [-0.4, -0.2) is 53.6 Å². The van der Waals surface area contributed by atoms with E-state index in [-0.39, 0.29) is 0 Å². The second-order valence-corrected chi connectivity index (χ2v) is 2.12. The van der Waals surface area contributed by atoms with Crippen molar-refractivity contribution in [2.24, 2.45) is 5.16 Å². The number of aliphatic hydroxyl groups excluding tert-OH is 3. The predicted molar refractivity (Wildman–Crippen MR) is 39.5 cm³/mol. The van der Waals surface area contributed by atoms with Crippen molar-refractivity contribution < 1.29 is 24.5 Å². The summed E-state index contributed by atoms with van der Waals surface area (Å²) in [5.74, 6) is 0. The summed E-state index contributed by atoms with van der Waals surface area (Å²) in [6.07, 6.45) is -4.35. The van der Waals surface area contributed by atoms with Crippen LogP contribution >= 0.6 is 0 Å². The number of oxime groups is 1. The molecule has 0 amide bonds. The van der Waals surface area contributed by atoms with Gasteiger partial charge in [0.15, 0.2) is 6.17 Å². The van der Waals surface area contributed by atoms with Gasteiger partial charge in [-0.05, 0) is 0 Å². The zero-order valence-electron chi connectivity index (χ0n) is 6.59. The summed E-state index contributed by atoms with van der Waals surface area (Å²) in [7, 11) is 1.22. The van der Waals surface area contributed by atoms with E-state index in [1.54, 1.807) is 0 Å². The van der Waals surface area contributed by atoms with Gasteiger partial charge in [-0.15, -0.1) is 0 Å². The smallest absolute Gasteiger partial charge is 0.167 e. The lowest BCUT2D eigenvalue weighted by atomic mass is 10.1. The van der Waals surface area contributed by atoms with Gasteiger partial charge in [-0.3, -0.25) is 0 Å². The summed E-state index contributed by atoms with van der Waals surface area (Å²) in [6, 6.07) is 0. The lowest BCUT2D eigenvalue weighted by Crippen LogP contribution is -2.38. The monoisotopic (exact) mass is 181 g/mol. The molecule has 6 heteroatoms. The van der Waals surface area contributed by atoms with Crippen molar-refractivity contribution in [2.75, 3.05) is 13.7 Å². The molecular weight excluding hydrogens is 169 g/mol. The molecule has 0 bridgehead atoms. The van der Waals surface area contributed by atoms with E-state index in [2.05, 4.69) is 9.99 Å². The summed E-state index contributed by atoms with van der Waals surface area (Å²) in [5.41, 5.74) is 0. The number of alkyl halides is 1. The van der Waals surface area contributed by atoms with Crippen LogP contribution in [0.4, 0.5) is 4.39 Å². The molecule has 0 aromatic carbocycles. The fourth-order valence-electron chi connectivity index (χ4n) is 0.527. The number of hydrogen-bond donors (Lipinski definition) is 3. The molecule has 3 atom stereocenters. The lowest BCUT2D eigenvalue weighted by Gasteiger charge is -2.15. The first kappa shape index (κ1) is 11.3. The van der Waals surface area contributed by atoms with Crippen molar-refractivity contribution in [1.82, 2.24) is 0 Å². The van der Waals surface area contributed by atoms with E-state index >= 15 is 0 Å². The van der Waals surface area contributed by atoms with Crippen LogP contribution in [0, 0.1) is 0 Å². The van der Waals surface area contributed by atoms with Gasteiger partial charge in [0.1, 0.15) is 19.3 Å². The molecule has 0 aliphatic carbocycles. The summed E-state index contributed by atoms with van der Waals surface area (Å²) in [4.78, 5) is 4.15. The van der Waals surface area contributed by atoms with Crippen molar-refractivity contribution in [3.63, 3.8) is 0 Å². The van der Waals surface area contributed by atoms with Gasteiger partial charge in [0.2, 0.25) is 0 Å². The molecule has 0 radical (unpaired) electrons. The Labute approximate surface area is 69.1 Å². The Morgan fingerprint density at radius 1 is 1.58 bits per heavy atom. The number of hydrogen-bond acceptors (Lipinski definition) is 5. The van der Waals surface area contributed by atoms with Gasteiger partial charge in [0.05, 0.1) is 12.8 Å². The van der Waals surface area contributed by atoms with Crippen molar-refractivity contribution in [2.45, 2.75) is 18.4 Å². The SMILES string of the molecule is CON=C[C@@H](F)[C@H](O)[C@H](O)CO. The molecule has 5 nitrogen and oxygen atoms in total. The maximum Gasteiger partial charge on any atom is 0.167 e. The minimum Gasteiger partial charge on any atom is -0.399 e. The summed E-state index contributed by atoms with van der Waals surface area (Å²) >= 11 is 0. The lowest BCUT2D eigenvalue weighted by molar-refractivity contribution is -0.0359. The second kappa shape index (κ2) is 5.87. The van der Waals surface area contributed by atoms with Crippen molar-refractivity contribution in [1.29, 1.82) is 0 Å². The summed E-state index contributed by atoms with van der Waals surface area (Å²) in [5, 5.41) is 29.0. The molecular formula is C6H12FNO4. The standard InChI is InChI=1S/C6H12FNO4/c1-12-8-2-4(7)6(11)5(10)3-9/h2,4-6,9-11H,3H2,1H3/t4-,5-,6+/m1/s1. The number of nitrogens with zero attached hydrogens (tertiary/aromatic N) is 1. The Hall–Kier alpha value is -0.720. The Morgan fingerprint density at radius 2 is 2.17 bits per heavy atom. The Balaban J connectivity index is 3.91. The third-order valence-corrected chi connectivity index (χ3v) is 1.22. The highest BCUT2D eigenvalue weighted by molar-refractivity contribution is 5.63. The maximum absolute atomic E-state index is 12.7. The minimum absolute atomic E-state index is 0.698. The molecule has 0 saturated carbocycles. The van der Waals surface area contributed by atoms with E-state index in [0.717, 1.165) is 0 Å². The maximum atomic E-state index is 12.7. The molecule has 72 valence electrons. The van der Waals surface area contributed by atoms with E-state index < -0.39 is 25.0 Å². The Kier molecular flexibility index (Phi) is 5.52. The molecule has 0 rings (SSSR count). The van der Waals surface area contributed by atoms with Crippen LogP contribution in [0.3, 0.4) is 0 Å². The van der Waals surface area contributed by atoms with Crippen LogP contribution in [-0.2, 0) is 4.84 Å². The van der Waals surface area contributed by atoms with Gasteiger partial charge in [-0.25, -0.2) is 4.39 Å². The summed E-state index contributed by atoms with van der Waals surface area (Å²) < 4.78 is 12.7. The zero-order chi connectivity index (χ0) is 9.56. The molecule has 0 fully saturated rings. The van der Waals surface area contributed by atoms with Crippen LogP contribution < -0.4 is 0 Å². The van der Waals surface area contributed by atoms with Crippen LogP contribution in [0.5, 0.6) is 0 Å². The van der Waals surface area contributed by atoms with Crippen LogP contribution in [0.1, 0.15) is 0 Å². The van der Waals surface area contributed by atoms with E-state index in [9.17, 15) is 4.39 Å².